The van der Waals surface area contributed by atoms with Gasteiger partial charge in [0.2, 0.25) is 0 Å². The van der Waals surface area contributed by atoms with Crippen LogP contribution in [-0.4, -0.2) is 6.61 Å². The molecule has 0 aromatic heterocycles. The Bertz CT molecular complexity index is 515. The summed E-state index contributed by atoms with van der Waals surface area (Å²) in [6.45, 7) is 13.5. The lowest BCUT2D eigenvalue weighted by Crippen LogP contribution is -2.21. The normalized spacial score (nSPS) is 31.9. The topological polar surface area (TPSA) is 9.23 Å². The highest BCUT2D eigenvalue weighted by Gasteiger charge is 2.44. The maximum absolute atomic E-state index is 5.71. The predicted octanol–water partition coefficient (Wildman–Crippen LogP) is 4.67. The first-order valence-electron chi connectivity index (χ1n) is 7.63. The quantitative estimate of drug-likeness (QED) is 0.711. The lowest BCUT2D eigenvalue weighted by Gasteiger charge is -2.28. The third-order valence-corrected chi connectivity index (χ3v) is 5.43. The molecule has 1 aliphatic heterocycles. The van der Waals surface area contributed by atoms with Gasteiger partial charge in [0.25, 0.3) is 0 Å². The first-order valence-corrected chi connectivity index (χ1v) is 7.63. The minimum Gasteiger partial charge on any atom is -0.376 e. The second-order valence-electron chi connectivity index (χ2n) is 7.49. The van der Waals surface area contributed by atoms with Crippen molar-refractivity contribution < 1.29 is 4.74 Å². The molecule has 1 heterocycles. The molecule has 1 aliphatic carbocycles. The first-order chi connectivity index (χ1) is 8.87. The molecule has 104 valence electrons. The fourth-order valence-electron chi connectivity index (χ4n) is 4.22. The number of ether oxygens (including phenoxy) is 1. The zero-order valence-corrected chi connectivity index (χ0v) is 13.0. The van der Waals surface area contributed by atoms with Gasteiger partial charge in [0.15, 0.2) is 0 Å². The summed E-state index contributed by atoms with van der Waals surface area (Å²) in [5.74, 6) is 0.541. The Morgan fingerprint density at radius 2 is 1.95 bits per heavy atom. The molecular weight excluding hydrogens is 232 g/mol. The van der Waals surface area contributed by atoms with E-state index in [-0.39, 0.29) is 0 Å². The van der Waals surface area contributed by atoms with Crippen LogP contribution in [0.5, 0.6) is 0 Å². The van der Waals surface area contributed by atoms with Crippen LogP contribution in [0.25, 0.3) is 0 Å². The molecule has 0 spiro atoms. The molecule has 1 nitrogen and oxygen atoms in total. The first kappa shape index (κ1) is 13.2. The van der Waals surface area contributed by atoms with E-state index in [1.165, 1.54) is 24.0 Å². The second kappa shape index (κ2) is 4.09. The lowest BCUT2D eigenvalue weighted by atomic mass is 9.78. The van der Waals surface area contributed by atoms with Gasteiger partial charge < -0.3 is 4.74 Å². The molecular formula is C18H26O. The van der Waals surface area contributed by atoms with E-state index >= 15 is 0 Å². The Balaban J connectivity index is 2.21. The zero-order chi connectivity index (χ0) is 13.8. The lowest BCUT2D eigenvalue weighted by molar-refractivity contribution is 0.0949. The summed E-state index contributed by atoms with van der Waals surface area (Å²) < 4.78 is 5.71. The Hall–Kier alpha value is -0.820. The van der Waals surface area contributed by atoms with E-state index in [0.717, 1.165) is 13.2 Å². The van der Waals surface area contributed by atoms with E-state index in [1.807, 2.05) is 0 Å². The van der Waals surface area contributed by atoms with Gasteiger partial charge in [0, 0.05) is 5.92 Å². The molecule has 0 saturated carbocycles. The molecule has 1 aromatic carbocycles. The van der Waals surface area contributed by atoms with Crippen LogP contribution in [0.15, 0.2) is 12.1 Å². The molecule has 0 N–H and O–H groups in total. The molecule has 0 radical (unpaired) electrons. The molecule has 19 heavy (non-hydrogen) atoms. The van der Waals surface area contributed by atoms with Crippen LogP contribution in [-0.2, 0) is 22.2 Å². The van der Waals surface area contributed by atoms with Crippen LogP contribution in [0.1, 0.15) is 75.6 Å². The van der Waals surface area contributed by atoms with Crippen molar-refractivity contribution in [3.05, 3.63) is 34.4 Å². The van der Waals surface area contributed by atoms with Crippen LogP contribution in [0.3, 0.4) is 0 Å². The van der Waals surface area contributed by atoms with Crippen molar-refractivity contribution in [1.29, 1.82) is 0 Å². The Morgan fingerprint density at radius 3 is 2.63 bits per heavy atom. The fourth-order valence-corrected chi connectivity index (χ4v) is 4.22. The van der Waals surface area contributed by atoms with E-state index in [9.17, 15) is 0 Å². The van der Waals surface area contributed by atoms with E-state index in [0.29, 0.717) is 16.7 Å². The van der Waals surface area contributed by atoms with Gasteiger partial charge in [-0.15, -0.1) is 0 Å². The van der Waals surface area contributed by atoms with Gasteiger partial charge >= 0.3 is 0 Å². The maximum Gasteiger partial charge on any atom is 0.0720 e. The minimum absolute atomic E-state index is 0.301. The Morgan fingerprint density at radius 1 is 1.21 bits per heavy atom. The smallest absolute Gasteiger partial charge is 0.0720 e. The molecule has 1 aromatic rings. The second-order valence-corrected chi connectivity index (χ2v) is 7.49. The van der Waals surface area contributed by atoms with Crippen LogP contribution >= 0.6 is 0 Å². The van der Waals surface area contributed by atoms with Gasteiger partial charge in [-0.2, -0.15) is 0 Å². The molecule has 0 fully saturated rings. The van der Waals surface area contributed by atoms with Crippen LogP contribution in [0.4, 0.5) is 0 Å². The van der Waals surface area contributed by atoms with E-state index in [1.54, 1.807) is 11.1 Å². The van der Waals surface area contributed by atoms with Gasteiger partial charge in [-0.25, -0.2) is 0 Å². The summed E-state index contributed by atoms with van der Waals surface area (Å²) in [5.41, 5.74) is 6.77. The highest BCUT2D eigenvalue weighted by atomic mass is 16.5. The van der Waals surface area contributed by atoms with E-state index in [4.69, 9.17) is 4.74 Å². The van der Waals surface area contributed by atoms with Gasteiger partial charge in [-0.3, -0.25) is 0 Å². The van der Waals surface area contributed by atoms with Crippen molar-refractivity contribution in [1.82, 2.24) is 0 Å². The van der Waals surface area contributed by atoms with Crippen molar-refractivity contribution in [3.63, 3.8) is 0 Å². The maximum atomic E-state index is 5.71. The molecule has 2 atom stereocenters. The molecule has 2 unspecified atom stereocenters. The van der Waals surface area contributed by atoms with Crippen LogP contribution in [0.2, 0.25) is 0 Å². The van der Waals surface area contributed by atoms with Crippen molar-refractivity contribution in [2.45, 2.75) is 70.8 Å². The number of rotatable bonds is 1. The van der Waals surface area contributed by atoms with Crippen LogP contribution in [0, 0.1) is 0 Å². The van der Waals surface area contributed by atoms with Gasteiger partial charge in [-0.05, 0) is 45.9 Å². The highest BCUT2D eigenvalue weighted by Crippen LogP contribution is 2.52. The molecule has 3 rings (SSSR count). The summed E-state index contributed by atoms with van der Waals surface area (Å²) in [5, 5.41) is 0. The van der Waals surface area contributed by atoms with Crippen molar-refractivity contribution in [2.24, 2.45) is 0 Å². The number of fused-ring (bicyclic) bond motifs is 2. The summed E-state index contributed by atoms with van der Waals surface area (Å²) in [7, 11) is 0. The average Bonchev–Trinajstić information content (AvgIpc) is 2.56. The summed E-state index contributed by atoms with van der Waals surface area (Å²) >= 11 is 0. The van der Waals surface area contributed by atoms with Crippen LogP contribution < -0.4 is 0 Å². The van der Waals surface area contributed by atoms with Gasteiger partial charge in [-0.1, -0.05) is 46.8 Å². The SMILES string of the molecule is CCC1(C)CC(C)(C)c2cc3c(cc21)C(C)COC3. The highest BCUT2D eigenvalue weighted by molar-refractivity contribution is 5.51. The predicted molar refractivity (Wildman–Crippen MR) is 79.8 cm³/mol. The molecule has 0 bridgehead atoms. The Labute approximate surface area is 117 Å². The molecule has 2 aliphatic rings. The monoisotopic (exact) mass is 258 g/mol. The average molecular weight is 258 g/mol. The number of benzene rings is 1. The third-order valence-electron chi connectivity index (χ3n) is 5.43. The molecule has 0 amide bonds. The summed E-state index contributed by atoms with van der Waals surface area (Å²) in [4.78, 5) is 0. The van der Waals surface area contributed by atoms with Crippen molar-refractivity contribution >= 4 is 0 Å². The summed E-state index contributed by atoms with van der Waals surface area (Å²) in [6.07, 6.45) is 2.50. The van der Waals surface area contributed by atoms with Gasteiger partial charge in [0.05, 0.1) is 13.2 Å². The molecule has 1 heteroatoms. The summed E-state index contributed by atoms with van der Waals surface area (Å²) in [6, 6.07) is 4.96. The van der Waals surface area contributed by atoms with E-state index in [2.05, 4.69) is 46.8 Å². The minimum atomic E-state index is 0.301. The molecule has 0 saturated heterocycles. The number of hydrogen-bond acceptors (Lipinski definition) is 1. The van der Waals surface area contributed by atoms with Crippen molar-refractivity contribution in [2.75, 3.05) is 6.61 Å². The fraction of sp³-hybridized carbons (Fsp3) is 0.667. The number of hydrogen-bond donors (Lipinski definition) is 0. The van der Waals surface area contributed by atoms with Gasteiger partial charge in [0.1, 0.15) is 0 Å². The third kappa shape index (κ3) is 1.86. The Kier molecular flexibility index (Phi) is 2.83. The van der Waals surface area contributed by atoms with E-state index < -0.39 is 0 Å². The standard InChI is InChI=1S/C18H26O/c1-6-18(5)11-17(3,4)15-7-13-10-19-9-12(2)14(13)8-16(15)18/h7-8,12H,6,9-11H2,1-5H3. The van der Waals surface area contributed by atoms with Crippen molar-refractivity contribution in [3.8, 4) is 0 Å². The zero-order valence-electron chi connectivity index (χ0n) is 13.0. The largest absolute Gasteiger partial charge is 0.376 e.